The van der Waals surface area contributed by atoms with Crippen LogP contribution in [0.2, 0.25) is 0 Å². The molecule has 1 aliphatic rings. The molecule has 4 rings (SSSR count). The van der Waals surface area contributed by atoms with E-state index >= 15 is 0 Å². The Morgan fingerprint density at radius 1 is 1.32 bits per heavy atom. The van der Waals surface area contributed by atoms with Gasteiger partial charge in [0, 0.05) is 35.0 Å². The van der Waals surface area contributed by atoms with Crippen molar-refractivity contribution in [2.45, 2.75) is 37.2 Å². The van der Waals surface area contributed by atoms with Crippen molar-refractivity contribution < 1.29 is 4.79 Å². The molecule has 1 aliphatic heterocycles. The van der Waals surface area contributed by atoms with E-state index in [2.05, 4.69) is 22.3 Å². The third-order valence-electron chi connectivity index (χ3n) is 5.08. The standard InChI is InChI=1S/C21H24N6O2S.ClH/c1-2-3-8-24-20(28)16-10-26(21(29)18-17(22)11-30-19(16)18)9-14-4-6-15(7-5-14)27-13-23-12-25-27;/h4-7,10,12-13,17H,2-3,8-9,11,22H2,1H3,(H,24,28);1H/t17-;/m0./s1. The number of aromatic nitrogens is 4. The average Bonchev–Trinajstić information content (AvgIpc) is 3.41. The summed E-state index contributed by atoms with van der Waals surface area (Å²) in [6.45, 7) is 3.05. The lowest BCUT2D eigenvalue weighted by molar-refractivity contribution is 0.0949. The molecule has 0 bridgehead atoms. The second-order valence-corrected chi connectivity index (χ2v) is 8.28. The number of nitrogens with zero attached hydrogens (tertiary/aromatic N) is 4. The van der Waals surface area contributed by atoms with Crippen molar-refractivity contribution in [3.05, 3.63) is 70.2 Å². The van der Waals surface area contributed by atoms with Crippen molar-refractivity contribution in [3.63, 3.8) is 0 Å². The Hall–Kier alpha value is -2.62. The molecule has 0 radical (unpaired) electrons. The fraction of sp³-hybridized carbons (Fsp3) is 0.333. The largest absolute Gasteiger partial charge is 0.352 e. The van der Waals surface area contributed by atoms with Crippen LogP contribution >= 0.6 is 24.2 Å². The number of hydrogen-bond donors (Lipinski definition) is 2. The van der Waals surface area contributed by atoms with E-state index in [1.165, 1.54) is 18.1 Å². The number of pyridine rings is 1. The van der Waals surface area contributed by atoms with Gasteiger partial charge < -0.3 is 15.6 Å². The van der Waals surface area contributed by atoms with Crippen LogP contribution in [0.5, 0.6) is 0 Å². The van der Waals surface area contributed by atoms with E-state index in [1.54, 1.807) is 21.8 Å². The van der Waals surface area contributed by atoms with Crippen LogP contribution in [0.4, 0.5) is 0 Å². The van der Waals surface area contributed by atoms with Crippen molar-refractivity contribution in [2.75, 3.05) is 12.3 Å². The molecule has 0 saturated carbocycles. The van der Waals surface area contributed by atoms with Gasteiger partial charge in [-0.05, 0) is 24.1 Å². The summed E-state index contributed by atoms with van der Waals surface area (Å²) in [5.41, 5.74) is 8.95. The molecular weight excluding hydrogens is 436 g/mol. The summed E-state index contributed by atoms with van der Waals surface area (Å²) in [5, 5.41) is 7.07. The highest BCUT2D eigenvalue weighted by atomic mass is 35.5. The molecule has 1 amide bonds. The first kappa shape index (κ1) is 23.1. The summed E-state index contributed by atoms with van der Waals surface area (Å²) in [6, 6.07) is 7.35. The smallest absolute Gasteiger partial charge is 0.256 e. The van der Waals surface area contributed by atoms with Gasteiger partial charge in [0.15, 0.2) is 0 Å². The third kappa shape index (κ3) is 4.84. The van der Waals surface area contributed by atoms with Gasteiger partial charge in [0.05, 0.1) is 17.8 Å². The van der Waals surface area contributed by atoms with Gasteiger partial charge in [-0.25, -0.2) is 9.67 Å². The van der Waals surface area contributed by atoms with Crippen LogP contribution in [-0.2, 0) is 6.54 Å². The lowest BCUT2D eigenvalue weighted by atomic mass is 10.1. The van der Waals surface area contributed by atoms with Crippen LogP contribution in [0.1, 0.15) is 47.3 Å². The minimum absolute atomic E-state index is 0. The molecule has 10 heteroatoms. The van der Waals surface area contributed by atoms with Gasteiger partial charge in [-0.2, -0.15) is 5.10 Å². The van der Waals surface area contributed by atoms with Gasteiger partial charge in [-0.15, -0.1) is 24.2 Å². The maximum atomic E-state index is 13.1. The van der Waals surface area contributed by atoms with Gasteiger partial charge in [0.2, 0.25) is 0 Å². The minimum atomic E-state index is -0.359. The maximum absolute atomic E-state index is 13.1. The molecule has 31 heavy (non-hydrogen) atoms. The number of thioether (sulfide) groups is 1. The van der Waals surface area contributed by atoms with Gasteiger partial charge >= 0.3 is 0 Å². The van der Waals surface area contributed by atoms with Crippen LogP contribution in [0.15, 0.2) is 52.8 Å². The van der Waals surface area contributed by atoms with Gasteiger partial charge in [-0.3, -0.25) is 9.59 Å². The topological polar surface area (TPSA) is 108 Å². The zero-order valence-electron chi connectivity index (χ0n) is 17.2. The lowest BCUT2D eigenvalue weighted by Crippen LogP contribution is -2.32. The minimum Gasteiger partial charge on any atom is -0.352 e. The molecule has 0 spiro atoms. The van der Waals surface area contributed by atoms with E-state index in [1.807, 2.05) is 24.3 Å². The van der Waals surface area contributed by atoms with Crippen molar-refractivity contribution >= 4 is 30.1 Å². The quantitative estimate of drug-likeness (QED) is 0.524. The molecule has 1 aromatic carbocycles. The maximum Gasteiger partial charge on any atom is 0.256 e. The number of carbonyl (C=O) groups excluding carboxylic acids is 1. The summed E-state index contributed by atoms with van der Waals surface area (Å²) in [5.74, 6) is 0.452. The molecule has 3 N–H and O–H groups in total. The summed E-state index contributed by atoms with van der Waals surface area (Å²) in [7, 11) is 0. The molecule has 3 heterocycles. The number of benzene rings is 1. The Kier molecular flexibility index (Phi) is 7.53. The summed E-state index contributed by atoms with van der Waals surface area (Å²) < 4.78 is 3.25. The Bertz CT molecular complexity index is 1100. The van der Waals surface area contributed by atoms with Crippen LogP contribution in [0.25, 0.3) is 5.69 Å². The molecule has 0 saturated heterocycles. The first-order valence-electron chi connectivity index (χ1n) is 9.96. The SMILES string of the molecule is CCCCNC(=O)c1cn(Cc2ccc(-n3cncn3)cc2)c(=O)c2c1SC[C@@H]2N.Cl. The van der Waals surface area contributed by atoms with Crippen molar-refractivity contribution in [1.82, 2.24) is 24.6 Å². The number of rotatable bonds is 7. The Morgan fingerprint density at radius 3 is 2.77 bits per heavy atom. The predicted molar refractivity (Wildman–Crippen MR) is 123 cm³/mol. The number of amides is 1. The highest BCUT2D eigenvalue weighted by Gasteiger charge is 2.29. The molecule has 164 valence electrons. The second-order valence-electron chi connectivity index (χ2n) is 7.25. The zero-order valence-corrected chi connectivity index (χ0v) is 18.8. The number of hydrogen-bond acceptors (Lipinski definition) is 6. The number of unbranched alkanes of at least 4 members (excludes halogenated alkanes) is 1. The summed E-state index contributed by atoms with van der Waals surface area (Å²) in [4.78, 5) is 30.5. The Morgan fingerprint density at radius 2 is 2.10 bits per heavy atom. The van der Waals surface area contributed by atoms with E-state index in [0.717, 1.165) is 29.0 Å². The number of fused-ring (bicyclic) bond motifs is 1. The fourth-order valence-corrected chi connectivity index (χ4v) is 4.66. The number of nitrogens with two attached hydrogens (primary N) is 1. The zero-order chi connectivity index (χ0) is 21.1. The Balaban J connectivity index is 0.00000272. The van der Waals surface area contributed by atoms with Crippen LogP contribution in [0, 0.1) is 0 Å². The van der Waals surface area contributed by atoms with E-state index < -0.39 is 0 Å². The molecule has 0 aliphatic carbocycles. The fourth-order valence-electron chi connectivity index (χ4n) is 3.45. The van der Waals surface area contributed by atoms with Gasteiger partial charge in [0.25, 0.3) is 11.5 Å². The normalized spacial score (nSPS) is 14.7. The van der Waals surface area contributed by atoms with E-state index in [9.17, 15) is 9.59 Å². The highest BCUT2D eigenvalue weighted by molar-refractivity contribution is 7.99. The predicted octanol–water partition coefficient (Wildman–Crippen LogP) is 2.53. The third-order valence-corrected chi connectivity index (χ3v) is 6.33. The molecule has 2 aromatic heterocycles. The number of nitrogens with one attached hydrogen (secondary N) is 1. The van der Waals surface area contributed by atoms with Crippen molar-refractivity contribution in [3.8, 4) is 5.69 Å². The molecule has 3 aromatic rings. The molecule has 0 unspecified atom stereocenters. The molecule has 0 fully saturated rings. The lowest BCUT2D eigenvalue weighted by Gasteiger charge is -2.14. The van der Waals surface area contributed by atoms with Crippen LogP contribution in [-0.4, -0.2) is 37.5 Å². The first-order valence-corrected chi connectivity index (χ1v) is 10.9. The van der Waals surface area contributed by atoms with Crippen molar-refractivity contribution in [1.29, 1.82) is 0 Å². The first-order chi connectivity index (χ1) is 14.6. The molecular formula is C21H25ClN6O2S. The highest BCUT2D eigenvalue weighted by Crippen LogP contribution is 2.37. The molecule has 1 atom stereocenters. The van der Waals surface area contributed by atoms with Gasteiger partial charge in [-0.1, -0.05) is 25.5 Å². The number of carbonyl (C=O) groups is 1. The second kappa shape index (κ2) is 10.1. The van der Waals surface area contributed by atoms with E-state index in [4.69, 9.17) is 5.73 Å². The summed E-state index contributed by atoms with van der Waals surface area (Å²) >= 11 is 1.48. The van der Waals surface area contributed by atoms with Crippen LogP contribution in [0.3, 0.4) is 0 Å². The average molecular weight is 461 g/mol. The van der Waals surface area contributed by atoms with Gasteiger partial charge in [0.1, 0.15) is 12.7 Å². The van der Waals surface area contributed by atoms with E-state index in [0.29, 0.717) is 30.0 Å². The monoisotopic (exact) mass is 460 g/mol. The van der Waals surface area contributed by atoms with Crippen LogP contribution < -0.4 is 16.6 Å². The summed E-state index contributed by atoms with van der Waals surface area (Å²) in [6.07, 6.45) is 6.69. The number of halogens is 1. The Labute approximate surface area is 190 Å². The van der Waals surface area contributed by atoms with Crippen molar-refractivity contribution in [2.24, 2.45) is 5.73 Å². The van der Waals surface area contributed by atoms with E-state index in [-0.39, 0.29) is 29.9 Å². The molecule has 8 nitrogen and oxygen atoms in total.